The Morgan fingerprint density at radius 2 is 1.75 bits per heavy atom. The maximum atomic E-state index is 13.1. The van der Waals surface area contributed by atoms with E-state index < -0.39 is 0 Å². The van der Waals surface area contributed by atoms with Crippen LogP contribution in [0.4, 0.5) is 27.7 Å². The first-order valence-corrected chi connectivity index (χ1v) is 10.5. The van der Waals surface area contributed by atoms with Gasteiger partial charge in [-0.1, -0.05) is 18.2 Å². The maximum Gasteiger partial charge on any atom is 0.232 e. The Kier molecular flexibility index (Phi) is 6.55. The predicted molar refractivity (Wildman–Crippen MR) is 122 cm³/mol. The van der Waals surface area contributed by atoms with E-state index >= 15 is 0 Å². The van der Waals surface area contributed by atoms with Gasteiger partial charge in [-0.3, -0.25) is 9.69 Å². The lowest BCUT2D eigenvalue weighted by Gasteiger charge is -2.34. The van der Waals surface area contributed by atoms with Crippen LogP contribution in [0.25, 0.3) is 0 Å². The Hall–Kier alpha value is -3.59. The van der Waals surface area contributed by atoms with Gasteiger partial charge in [-0.15, -0.1) is 0 Å². The van der Waals surface area contributed by atoms with Gasteiger partial charge in [-0.25, -0.2) is 14.4 Å². The summed E-state index contributed by atoms with van der Waals surface area (Å²) >= 11 is 0. The Morgan fingerprint density at radius 3 is 2.47 bits per heavy atom. The van der Waals surface area contributed by atoms with Crippen LogP contribution in [0.15, 0.2) is 48.8 Å². The molecule has 2 aromatic carbocycles. The van der Waals surface area contributed by atoms with E-state index in [1.54, 1.807) is 0 Å². The Bertz CT molecular complexity index is 1080. The number of hydrogen-bond acceptors (Lipinski definition) is 7. The molecule has 1 amide bonds. The van der Waals surface area contributed by atoms with Crippen molar-refractivity contribution in [3.8, 4) is 0 Å². The highest BCUT2D eigenvalue weighted by atomic mass is 19.1. The Balaban J connectivity index is 1.39. The van der Waals surface area contributed by atoms with Gasteiger partial charge in [0.1, 0.15) is 12.1 Å². The molecule has 3 aromatic rings. The lowest BCUT2D eigenvalue weighted by molar-refractivity contribution is -0.114. The van der Waals surface area contributed by atoms with Crippen molar-refractivity contribution in [2.24, 2.45) is 0 Å². The minimum absolute atomic E-state index is 0.119. The van der Waals surface area contributed by atoms with E-state index in [1.165, 1.54) is 25.4 Å². The lowest BCUT2D eigenvalue weighted by Crippen LogP contribution is -2.46. The predicted octanol–water partition coefficient (Wildman–Crippen LogP) is 3.34. The van der Waals surface area contributed by atoms with Crippen molar-refractivity contribution in [1.29, 1.82) is 0 Å². The first-order valence-electron chi connectivity index (χ1n) is 10.5. The number of carbonyl (C=O) groups is 1. The normalized spacial score (nSPS) is 14.3. The zero-order valence-corrected chi connectivity index (χ0v) is 18.2. The van der Waals surface area contributed by atoms with E-state index in [-0.39, 0.29) is 11.7 Å². The summed E-state index contributed by atoms with van der Waals surface area (Å²) < 4.78 is 13.1. The molecule has 8 nitrogen and oxygen atoms in total. The van der Waals surface area contributed by atoms with Gasteiger partial charge in [-0.05, 0) is 42.3 Å². The minimum atomic E-state index is -0.213. The van der Waals surface area contributed by atoms with Crippen LogP contribution in [0, 0.1) is 12.7 Å². The molecule has 1 fully saturated rings. The average Bonchev–Trinajstić information content (AvgIpc) is 2.78. The summed E-state index contributed by atoms with van der Waals surface area (Å²) in [7, 11) is 0. The second kappa shape index (κ2) is 9.69. The van der Waals surface area contributed by atoms with Gasteiger partial charge in [0.2, 0.25) is 17.8 Å². The van der Waals surface area contributed by atoms with E-state index in [9.17, 15) is 9.18 Å². The third-order valence-electron chi connectivity index (χ3n) is 5.42. The Morgan fingerprint density at radius 1 is 1.03 bits per heavy atom. The zero-order valence-electron chi connectivity index (χ0n) is 18.2. The summed E-state index contributed by atoms with van der Waals surface area (Å²) in [4.78, 5) is 29.1. The zero-order chi connectivity index (χ0) is 22.5. The molecular weight excluding hydrogens is 409 g/mol. The largest absolute Gasteiger partial charge is 0.338 e. The Labute approximate surface area is 186 Å². The highest BCUT2D eigenvalue weighted by molar-refractivity contribution is 5.90. The number of carbonyl (C=O) groups excluding carboxylic acids is 1. The van der Waals surface area contributed by atoms with Gasteiger partial charge in [0.15, 0.2) is 0 Å². The molecule has 1 saturated heterocycles. The highest BCUT2D eigenvalue weighted by Crippen LogP contribution is 2.25. The van der Waals surface area contributed by atoms with Crippen molar-refractivity contribution in [2.75, 3.05) is 41.7 Å². The number of nitrogens with one attached hydrogen (secondary N) is 2. The molecule has 2 N–H and O–H groups in total. The fraction of sp³-hybridized carbons (Fsp3) is 0.304. The lowest BCUT2D eigenvalue weighted by atomic mass is 10.1. The number of piperazine rings is 1. The number of aromatic nitrogens is 3. The van der Waals surface area contributed by atoms with Gasteiger partial charge in [0.25, 0.3) is 0 Å². The molecule has 4 rings (SSSR count). The molecule has 0 unspecified atom stereocenters. The van der Waals surface area contributed by atoms with Crippen molar-refractivity contribution in [3.05, 3.63) is 65.7 Å². The topological polar surface area (TPSA) is 86.3 Å². The van der Waals surface area contributed by atoms with E-state index in [1.807, 2.05) is 37.3 Å². The van der Waals surface area contributed by atoms with Crippen molar-refractivity contribution < 1.29 is 9.18 Å². The molecule has 1 aromatic heterocycles. The van der Waals surface area contributed by atoms with Gasteiger partial charge >= 0.3 is 0 Å². The van der Waals surface area contributed by atoms with E-state index in [0.717, 1.165) is 55.2 Å². The van der Waals surface area contributed by atoms with Crippen LogP contribution in [-0.2, 0) is 11.3 Å². The number of benzene rings is 2. The standard InChI is InChI=1S/C23H26FN7O/c1-16-20(27-17(2)32)4-3-5-21(16)28-22-25-15-26-23(29-22)31-12-10-30(11-13-31)14-18-6-8-19(24)9-7-18/h3-9,15H,10-14H2,1-2H3,(H,27,32)(H,25,26,28,29). The molecule has 2 heterocycles. The molecule has 0 bridgehead atoms. The molecule has 1 aliphatic rings. The number of amides is 1. The quantitative estimate of drug-likeness (QED) is 0.614. The summed E-state index contributed by atoms with van der Waals surface area (Å²) in [6, 6.07) is 12.3. The van der Waals surface area contributed by atoms with E-state index in [0.29, 0.717) is 11.9 Å². The van der Waals surface area contributed by atoms with Crippen LogP contribution in [0.1, 0.15) is 18.1 Å². The molecule has 0 spiro atoms. The molecule has 32 heavy (non-hydrogen) atoms. The van der Waals surface area contributed by atoms with Crippen LogP contribution in [0.5, 0.6) is 0 Å². The third kappa shape index (κ3) is 5.36. The fourth-order valence-electron chi connectivity index (χ4n) is 3.67. The molecule has 0 saturated carbocycles. The third-order valence-corrected chi connectivity index (χ3v) is 5.42. The van der Waals surface area contributed by atoms with Gasteiger partial charge < -0.3 is 15.5 Å². The van der Waals surface area contributed by atoms with Crippen LogP contribution in [0.3, 0.4) is 0 Å². The van der Waals surface area contributed by atoms with Crippen LogP contribution >= 0.6 is 0 Å². The van der Waals surface area contributed by atoms with Crippen LogP contribution in [-0.4, -0.2) is 51.9 Å². The smallest absolute Gasteiger partial charge is 0.232 e. The van der Waals surface area contributed by atoms with Crippen molar-refractivity contribution in [1.82, 2.24) is 19.9 Å². The highest BCUT2D eigenvalue weighted by Gasteiger charge is 2.20. The molecule has 1 aliphatic heterocycles. The monoisotopic (exact) mass is 435 g/mol. The number of anilines is 4. The number of hydrogen-bond donors (Lipinski definition) is 2. The summed E-state index contributed by atoms with van der Waals surface area (Å²) in [5.74, 6) is 0.743. The van der Waals surface area contributed by atoms with Crippen molar-refractivity contribution in [3.63, 3.8) is 0 Å². The molecular formula is C23H26FN7O. The van der Waals surface area contributed by atoms with Crippen LogP contribution in [0.2, 0.25) is 0 Å². The minimum Gasteiger partial charge on any atom is -0.338 e. The SMILES string of the molecule is CC(=O)Nc1cccc(Nc2ncnc(N3CCN(Cc4ccc(F)cc4)CC3)n2)c1C. The van der Waals surface area contributed by atoms with Crippen LogP contribution < -0.4 is 15.5 Å². The van der Waals surface area contributed by atoms with Crippen molar-refractivity contribution in [2.45, 2.75) is 20.4 Å². The molecule has 0 atom stereocenters. The molecule has 166 valence electrons. The summed E-state index contributed by atoms with van der Waals surface area (Å²) in [5.41, 5.74) is 3.56. The summed E-state index contributed by atoms with van der Waals surface area (Å²) in [6.07, 6.45) is 1.50. The van der Waals surface area contributed by atoms with Crippen molar-refractivity contribution >= 4 is 29.2 Å². The second-order valence-electron chi connectivity index (χ2n) is 7.78. The maximum absolute atomic E-state index is 13.1. The second-order valence-corrected chi connectivity index (χ2v) is 7.78. The first-order chi connectivity index (χ1) is 15.5. The summed E-state index contributed by atoms with van der Waals surface area (Å²) in [6.45, 7) is 7.52. The number of halogens is 1. The van der Waals surface area contributed by atoms with E-state index in [2.05, 4.69) is 35.4 Å². The molecule has 0 aliphatic carbocycles. The summed E-state index contributed by atoms with van der Waals surface area (Å²) in [5, 5.41) is 6.05. The molecule has 9 heteroatoms. The molecule has 0 radical (unpaired) electrons. The first kappa shape index (κ1) is 21.6. The van der Waals surface area contributed by atoms with E-state index in [4.69, 9.17) is 0 Å². The van der Waals surface area contributed by atoms with Gasteiger partial charge in [0.05, 0.1) is 0 Å². The van der Waals surface area contributed by atoms with Gasteiger partial charge in [-0.2, -0.15) is 4.98 Å². The average molecular weight is 436 g/mol. The number of rotatable bonds is 6. The van der Waals surface area contributed by atoms with Gasteiger partial charge in [0, 0.05) is 51.0 Å². The number of nitrogens with zero attached hydrogens (tertiary/aromatic N) is 5. The fourth-order valence-corrected chi connectivity index (χ4v) is 3.67.